The summed E-state index contributed by atoms with van der Waals surface area (Å²) in [5.74, 6) is -0.432. The number of aliphatic carboxylic acids is 1. The second kappa shape index (κ2) is 5.51. The first-order chi connectivity index (χ1) is 7.00. The van der Waals surface area contributed by atoms with Crippen LogP contribution < -0.4 is 0 Å². The minimum absolute atomic E-state index is 0.149. The van der Waals surface area contributed by atoms with Gasteiger partial charge in [0.25, 0.3) is 5.97 Å². The van der Waals surface area contributed by atoms with Crippen LogP contribution in [0.3, 0.4) is 0 Å². The van der Waals surface area contributed by atoms with Gasteiger partial charge in [0.05, 0.1) is 11.4 Å². The molecule has 2 saturated heterocycles. The molecular weight excluding hydrogens is 216 g/mol. The third kappa shape index (κ3) is 3.83. The molecule has 15 heavy (non-hydrogen) atoms. The number of Topliss-reactive ketones (excluding diaryl/α,β-unsaturated/α-hetero) is 1. The number of rotatable bonds is 0. The molecule has 4 nitrogen and oxygen atoms in total. The van der Waals surface area contributed by atoms with E-state index in [1.54, 1.807) is 11.8 Å². The van der Waals surface area contributed by atoms with E-state index in [1.165, 1.54) is 0 Å². The van der Waals surface area contributed by atoms with Crippen LogP contribution in [0.25, 0.3) is 0 Å². The van der Waals surface area contributed by atoms with Crippen LogP contribution in [0.4, 0.5) is 0 Å². The summed E-state index contributed by atoms with van der Waals surface area (Å²) in [6.45, 7) is 1.08. The molecule has 2 aliphatic rings. The van der Waals surface area contributed by atoms with Crippen molar-refractivity contribution in [3.8, 4) is 0 Å². The molecule has 5 heteroatoms. The van der Waals surface area contributed by atoms with E-state index in [1.807, 2.05) is 0 Å². The first-order valence-corrected chi connectivity index (χ1v) is 6.00. The fourth-order valence-electron chi connectivity index (χ4n) is 1.82. The van der Waals surface area contributed by atoms with Crippen LogP contribution >= 0.6 is 11.8 Å². The lowest BCUT2D eigenvalue weighted by molar-refractivity contribution is -0.134. The molecule has 0 saturated carbocycles. The molecule has 3 atom stereocenters. The first kappa shape index (κ1) is 12.5. The molecule has 2 bridgehead atoms. The summed E-state index contributed by atoms with van der Waals surface area (Å²) >= 11 is 1.69. The summed E-state index contributed by atoms with van der Waals surface area (Å²) < 4.78 is 0. The molecule has 2 rings (SSSR count). The zero-order valence-electron chi connectivity index (χ0n) is 8.68. The number of carboxylic acids is 1. The normalized spacial score (nSPS) is 34.0. The predicted molar refractivity (Wildman–Crippen MR) is 58.0 cm³/mol. The Balaban J connectivity index is 0.000000245. The highest BCUT2D eigenvalue weighted by molar-refractivity contribution is 8.01. The summed E-state index contributed by atoms with van der Waals surface area (Å²) in [6.07, 6.45) is 3.15. The van der Waals surface area contributed by atoms with Crippen molar-refractivity contribution in [1.82, 2.24) is 0 Å². The van der Waals surface area contributed by atoms with Gasteiger partial charge >= 0.3 is 0 Å². The second-order valence-electron chi connectivity index (χ2n) is 3.83. The Bertz CT molecular complexity index is 250. The average Bonchev–Trinajstić information content (AvgIpc) is 2.15. The number of hydrogen-bond donors (Lipinski definition) is 2. The molecule has 0 aromatic heterocycles. The predicted octanol–water partition coefficient (Wildman–Crippen LogP) is 1.07. The minimum Gasteiger partial charge on any atom is -0.481 e. The minimum atomic E-state index is -0.833. The molecule has 0 aromatic carbocycles. The van der Waals surface area contributed by atoms with Gasteiger partial charge < -0.3 is 10.2 Å². The van der Waals surface area contributed by atoms with Gasteiger partial charge in [-0.2, -0.15) is 0 Å². The summed E-state index contributed by atoms with van der Waals surface area (Å²) in [6, 6.07) is 0. The van der Waals surface area contributed by atoms with Crippen molar-refractivity contribution >= 4 is 23.5 Å². The number of hydrogen-bond acceptors (Lipinski definition) is 4. The second-order valence-corrected chi connectivity index (χ2v) is 5.28. The largest absolute Gasteiger partial charge is 0.481 e. The van der Waals surface area contributed by atoms with E-state index in [0.717, 1.165) is 26.2 Å². The van der Waals surface area contributed by atoms with Crippen molar-refractivity contribution in [3.05, 3.63) is 0 Å². The number of thioether (sulfide) groups is 1. The molecule has 0 radical (unpaired) electrons. The molecular formula is C10H16O4S. The Hall–Kier alpha value is -0.550. The van der Waals surface area contributed by atoms with Gasteiger partial charge in [0, 0.05) is 18.6 Å². The number of fused-ring (bicyclic) bond motifs is 2. The number of aliphatic hydroxyl groups excluding tert-OH is 1. The van der Waals surface area contributed by atoms with Crippen LogP contribution in [0.1, 0.15) is 32.6 Å². The Kier molecular flexibility index (Phi) is 4.60. The van der Waals surface area contributed by atoms with Crippen LogP contribution in [-0.2, 0) is 9.59 Å². The topological polar surface area (TPSA) is 74.6 Å². The number of carboxylic acid groups (broad SMARTS) is 1. The molecule has 86 valence electrons. The third-order valence-corrected chi connectivity index (χ3v) is 4.25. The lowest BCUT2D eigenvalue weighted by Gasteiger charge is -2.36. The number of carbonyl (C=O) groups excluding carboxylic acids is 1. The van der Waals surface area contributed by atoms with Crippen molar-refractivity contribution in [2.24, 2.45) is 0 Å². The molecule has 3 unspecified atom stereocenters. The van der Waals surface area contributed by atoms with Crippen molar-refractivity contribution in [2.75, 3.05) is 0 Å². The number of carbonyl (C=O) groups is 2. The first-order valence-electron chi connectivity index (χ1n) is 5.06. The highest BCUT2D eigenvalue weighted by Gasteiger charge is 2.37. The molecule has 0 amide bonds. The van der Waals surface area contributed by atoms with Crippen molar-refractivity contribution in [3.63, 3.8) is 0 Å². The smallest absolute Gasteiger partial charge is 0.300 e. The lowest BCUT2D eigenvalue weighted by atomic mass is 9.96. The molecule has 0 aliphatic carbocycles. The molecule has 2 heterocycles. The molecule has 2 aliphatic heterocycles. The van der Waals surface area contributed by atoms with E-state index in [2.05, 4.69) is 0 Å². The molecule has 2 N–H and O–H groups in total. The quantitative estimate of drug-likeness (QED) is 0.653. The number of aliphatic hydroxyl groups is 1. The fourth-order valence-corrected chi connectivity index (χ4v) is 3.36. The zero-order valence-corrected chi connectivity index (χ0v) is 9.50. The summed E-state index contributed by atoms with van der Waals surface area (Å²) in [5, 5.41) is 17.5. The maximum Gasteiger partial charge on any atom is 0.300 e. The maximum absolute atomic E-state index is 11.2. The highest BCUT2D eigenvalue weighted by atomic mass is 32.2. The van der Waals surface area contributed by atoms with Gasteiger partial charge in [0.15, 0.2) is 0 Å². The average molecular weight is 232 g/mol. The van der Waals surface area contributed by atoms with Gasteiger partial charge in [-0.3, -0.25) is 9.59 Å². The summed E-state index contributed by atoms with van der Waals surface area (Å²) in [5.41, 5.74) is 0. The van der Waals surface area contributed by atoms with Crippen LogP contribution in [-0.4, -0.2) is 38.6 Å². The fraction of sp³-hybridized carbons (Fsp3) is 0.800. The standard InChI is InChI=1S/C8H12O2S.C2H4O2/c9-5-1-3-7-6(10)2-4-8(5)11-7;1-2(3)4/h5,7-9H,1-4H2;1H3,(H,3,4). The van der Waals surface area contributed by atoms with Gasteiger partial charge in [-0.15, -0.1) is 11.8 Å². The van der Waals surface area contributed by atoms with Gasteiger partial charge in [-0.1, -0.05) is 0 Å². The number of ketones is 1. The van der Waals surface area contributed by atoms with E-state index in [4.69, 9.17) is 9.90 Å². The molecule has 0 aromatic rings. The molecule has 2 fully saturated rings. The Labute approximate surface area is 93.1 Å². The highest BCUT2D eigenvalue weighted by Crippen LogP contribution is 2.39. The van der Waals surface area contributed by atoms with E-state index >= 15 is 0 Å². The summed E-state index contributed by atoms with van der Waals surface area (Å²) in [7, 11) is 0. The van der Waals surface area contributed by atoms with Crippen molar-refractivity contribution in [1.29, 1.82) is 0 Å². The van der Waals surface area contributed by atoms with Crippen molar-refractivity contribution < 1.29 is 19.8 Å². The van der Waals surface area contributed by atoms with E-state index in [-0.39, 0.29) is 11.4 Å². The SMILES string of the molecule is CC(=O)O.O=C1CCC2SC1CCC2O. The van der Waals surface area contributed by atoms with Gasteiger partial charge in [-0.05, 0) is 19.3 Å². The van der Waals surface area contributed by atoms with E-state index in [0.29, 0.717) is 17.5 Å². The Morgan fingerprint density at radius 3 is 2.60 bits per heavy atom. The van der Waals surface area contributed by atoms with Gasteiger partial charge in [-0.25, -0.2) is 0 Å². The summed E-state index contributed by atoms with van der Waals surface area (Å²) in [4.78, 5) is 20.2. The van der Waals surface area contributed by atoms with E-state index < -0.39 is 5.97 Å². The van der Waals surface area contributed by atoms with Crippen LogP contribution in [0.5, 0.6) is 0 Å². The van der Waals surface area contributed by atoms with Crippen LogP contribution in [0.2, 0.25) is 0 Å². The van der Waals surface area contributed by atoms with Gasteiger partial charge in [0.1, 0.15) is 5.78 Å². The Morgan fingerprint density at radius 1 is 1.40 bits per heavy atom. The van der Waals surface area contributed by atoms with E-state index in [9.17, 15) is 9.90 Å². The van der Waals surface area contributed by atoms with Gasteiger partial charge in [0.2, 0.25) is 0 Å². The maximum atomic E-state index is 11.2. The van der Waals surface area contributed by atoms with Crippen LogP contribution in [0.15, 0.2) is 0 Å². The van der Waals surface area contributed by atoms with Crippen LogP contribution in [0, 0.1) is 0 Å². The Morgan fingerprint density at radius 2 is 2.00 bits per heavy atom. The monoisotopic (exact) mass is 232 g/mol. The lowest BCUT2D eigenvalue weighted by Crippen LogP contribution is -2.39. The zero-order chi connectivity index (χ0) is 11.4. The molecule has 0 spiro atoms. The van der Waals surface area contributed by atoms with Crippen molar-refractivity contribution in [2.45, 2.75) is 49.2 Å². The third-order valence-electron chi connectivity index (χ3n) is 2.53.